The molecule has 0 aliphatic heterocycles. The summed E-state index contributed by atoms with van der Waals surface area (Å²) in [6.45, 7) is 4.63. The molecule has 3 unspecified atom stereocenters. The third-order valence-electron chi connectivity index (χ3n) is 7.05. The first-order valence-electron chi connectivity index (χ1n) is 11.9. The van der Waals surface area contributed by atoms with Crippen LogP contribution in [0.2, 0.25) is 0 Å². The molecule has 0 saturated heterocycles. The molecular weight excluding hydrogens is 632 g/mol. The molecule has 6 rings (SSSR count). The van der Waals surface area contributed by atoms with Crippen molar-refractivity contribution in [1.82, 2.24) is 0 Å². The van der Waals surface area contributed by atoms with Crippen molar-refractivity contribution in [2.75, 3.05) is 0 Å². The SMILES string of the molecule is CC1=Cc2c(-c3ccccc3)cccc2[CH]1[Hf+2][CH]1C(Pc2ccccc2C)=Cc2ccccc21.[F-].[F-]. The molecule has 2 aliphatic rings. The number of hydrogen-bond acceptors (Lipinski definition) is 0. The molecule has 4 heteroatoms. The Balaban J connectivity index is 0.00000152. The maximum absolute atomic E-state index is 2.52. The maximum atomic E-state index is 2.52. The summed E-state index contributed by atoms with van der Waals surface area (Å²) in [6.07, 6.45) is 5.01. The van der Waals surface area contributed by atoms with Gasteiger partial charge in [-0.15, -0.1) is 0 Å². The summed E-state index contributed by atoms with van der Waals surface area (Å²) in [5.74, 6) is 0. The van der Waals surface area contributed by atoms with Gasteiger partial charge in [-0.3, -0.25) is 0 Å². The first-order chi connectivity index (χ1) is 16.7. The minimum absolute atomic E-state index is 0. The zero-order valence-corrected chi connectivity index (χ0v) is 24.9. The van der Waals surface area contributed by atoms with Gasteiger partial charge in [-0.2, -0.15) is 0 Å². The molecule has 3 atom stereocenters. The van der Waals surface area contributed by atoms with Crippen LogP contribution in [0.5, 0.6) is 0 Å². The fraction of sp³-hybridized carbons (Fsp3) is 0.125. The molecule has 36 heavy (non-hydrogen) atoms. The van der Waals surface area contributed by atoms with E-state index in [1.165, 1.54) is 33.1 Å². The van der Waals surface area contributed by atoms with Crippen LogP contribution in [0.25, 0.3) is 23.3 Å². The monoisotopic (exact) mass is 660 g/mol. The van der Waals surface area contributed by atoms with E-state index in [1.54, 1.807) is 22.0 Å². The molecule has 178 valence electrons. The zero-order valence-electron chi connectivity index (χ0n) is 20.3. The van der Waals surface area contributed by atoms with E-state index in [2.05, 4.69) is 123 Å². The number of allylic oxidation sites excluding steroid dienone is 2. The standard InChI is InChI=1S/C16H14P.C16H13.2FH.Hf/c1-12-6-2-5-9-16(12)17-15-10-13-7-3-4-8-14(13)11-15;1-12-10-14-8-5-9-15(16(14)11-12)13-6-3-2-4-7-13;;;/h2-11,17H,1H3;2-11H,1H3;2*1H;/q;;;;+2/p-2. The average molecular weight is 659 g/mol. The normalized spacial score (nSPS) is 17.4. The maximum Gasteiger partial charge on any atom is -1.00 e. The van der Waals surface area contributed by atoms with Gasteiger partial charge in [0.1, 0.15) is 0 Å². The van der Waals surface area contributed by atoms with Gasteiger partial charge in [-0.1, -0.05) is 0 Å². The minimum Gasteiger partial charge on any atom is -1.00 e. The van der Waals surface area contributed by atoms with Crippen molar-refractivity contribution in [3.05, 3.63) is 136 Å². The van der Waals surface area contributed by atoms with Crippen LogP contribution in [0.4, 0.5) is 0 Å². The van der Waals surface area contributed by atoms with E-state index >= 15 is 0 Å². The molecule has 0 nitrogen and oxygen atoms in total. The number of rotatable bonds is 5. The zero-order chi connectivity index (χ0) is 23.1. The van der Waals surface area contributed by atoms with Crippen molar-refractivity contribution in [3.8, 4) is 11.1 Å². The molecule has 0 radical (unpaired) electrons. The molecule has 0 aromatic heterocycles. The molecular formula is C32H27F2HfP. The van der Waals surface area contributed by atoms with Gasteiger partial charge in [-0.05, 0) is 0 Å². The van der Waals surface area contributed by atoms with Crippen LogP contribution >= 0.6 is 8.58 Å². The molecule has 0 spiro atoms. The van der Waals surface area contributed by atoms with E-state index < -0.39 is 22.9 Å². The molecule has 4 aromatic rings. The quantitative estimate of drug-likeness (QED) is 0.228. The van der Waals surface area contributed by atoms with Crippen molar-refractivity contribution < 1.29 is 32.3 Å². The third-order valence-corrected chi connectivity index (χ3v) is 17.0. The van der Waals surface area contributed by atoms with Crippen molar-refractivity contribution in [3.63, 3.8) is 0 Å². The van der Waals surface area contributed by atoms with Crippen molar-refractivity contribution in [2.45, 2.75) is 21.2 Å². The smallest absolute Gasteiger partial charge is 1.00 e. The van der Waals surface area contributed by atoms with Crippen LogP contribution in [0, 0.1) is 6.92 Å². The van der Waals surface area contributed by atoms with Gasteiger partial charge in [0.05, 0.1) is 0 Å². The summed E-state index contributed by atoms with van der Waals surface area (Å²) >= 11 is -1.16. The summed E-state index contributed by atoms with van der Waals surface area (Å²) in [4.78, 5) is 0. The predicted molar refractivity (Wildman–Crippen MR) is 145 cm³/mol. The largest absolute Gasteiger partial charge is 1.00 e. The fourth-order valence-corrected chi connectivity index (χ4v) is 14.6. The Kier molecular flexibility index (Phi) is 8.33. The average Bonchev–Trinajstić information content (AvgIpc) is 3.38. The van der Waals surface area contributed by atoms with Crippen LogP contribution in [0.15, 0.2) is 108 Å². The van der Waals surface area contributed by atoms with Gasteiger partial charge in [0.15, 0.2) is 0 Å². The molecule has 0 amide bonds. The molecule has 0 heterocycles. The number of halogens is 2. The molecule has 4 aromatic carbocycles. The number of fused-ring (bicyclic) bond motifs is 2. The van der Waals surface area contributed by atoms with Gasteiger partial charge in [0, 0.05) is 0 Å². The van der Waals surface area contributed by atoms with Crippen LogP contribution in [-0.4, -0.2) is 0 Å². The van der Waals surface area contributed by atoms with Gasteiger partial charge < -0.3 is 9.41 Å². The topological polar surface area (TPSA) is 0 Å². The summed E-state index contributed by atoms with van der Waals surface area (Å²) in [7, 11) is 0.767. The van der Waals surface area contributed by atoms with Gasteiger partial charge in [0.25, 0.3) is 0 Å². The van der Waals surface area contributed by atoms with Crippen LogP contribution < -0.4 is 14.7 Å². The number of aryl methyl sites for hydroxylation is 1. The first-order valence-corrected chi connectivity index (χ1v) is 17.1. The molecule has 0 saturated carbocycles. The van der Waals surface area contributed by atoms with E-state index in [0.29, 0.717) is 7.35 Å². The van der Waals surface area contributed by atoms with E-state index in [4.69, 9.17) is 0 Å². The second-order valence-corrected chi connectivity index (χ2v) is 16.0. The summed E-state index contributed by atoms with van der Waals surface area (Å²) in [5.41, 5.74) is 11.8. The Bertz CT molecular complexity index is 1440. The van der Waals surface area contributed by atoms with Crippen LogP contribution in [0.1, 0.15) is 42.1 Å². The predicted octanol–water partition coefficient (Wildman–Crippen LogP) is 2.31. The van der Waals surface area contributed by atoms with Gasteiger partial charge >= 0.3 is 217 Å². The molecule has 0 N–H and O–H groups in total. The summed E-state index contributed by atoms with van der Waals surface area (Å²) in [6, 6.07) is 35.9. The molecule has 0 bridgehead atoms. The van der Waals surface area contributed by atoms with E-state index in [0.717, 1.165) is 8.58 Å². The minimum atomic E-state index is -1.16. The Hall–Kier alpha value is -2.48. The summed E-state index contributed by atoms with van der Waals surface area (Å²) < 4.78 is 1.31. The molecule has 0 fully saturated rings. The van der Waals surface area contributed by atoms with Gasteiger partial charge in [0.2, 0.25) is 0 Å². The fourth-order valence-electron chi connectivity index (χ4n) is 5.29. The second-order valence-electron chi connectivity index (χ2n) is 9.26. The van der Waals surface area contributed by atoms with Gasteiger partial charge in [-0.25, -0.2) is 0 Å². The van der Waals surface area contributed by atoms with E-state index in [-0.39, 0.29) is 9.41 Å². The van der Waals surface area contributed by atoms with Crippen LogP contribution in [-0.2, 0) is 22.9 Å². The van der Waals surface area contributed by atoms with E-state index in [1.807, 2.05) is 0 Å². The Morgan fingerprint density at radius 3 is 2.14 bits per heavy atom. The molecule has 2 aliphatic carbocycles. The summed E-state index contributed by atoms with van der Waals surface area (Å²) in [5, 5.41) is 3.17. The number of benzene rings is 4. The van der Waals surface area contributed by atoms with Crippen molar-refractivity contribution in [1.29, 1.82) is 0 Å². The van der Waals surface area contributed by atoms with Crippen molar-refractivity contribution >= 4 is 26.0 Å². The number of hydrogen-bond donors (Lipinski definition) is 0. The van der Waals surface area contributed by atoms with E-state index in [9.17, 15) is 0 Å². The first kappa shape index (κ1) is 26.6. The van der Waals surface area contributed by atoms with Crippen LogP contribution in [0.3, 0.4) is 0 Å². The second kappa shape index (κ2) is 11.3. The Labute approximate surface area is 225 Å². The Morgan fingerprint density at radius 1 is 0.639 bits per heavy atom. The third kappa shape index (κ3) is 4.89. The van der Waals surface area contributed by atoms with Crippen molar-refractivity contribution in [2.24, 2.45) is 0 Å². The Morgan fingerprint density at radius 2 is 1.33 bits per heavy atom.